The number of pyridine rings is 1. The molecule has 2 aromatic heterocycles. The second-order valence-electron chi connectivity index (χ2n) is 8.42. The number of hydrogen-bond donors (Lipinski definition) is 1. The van der Waals surface area contributed by atoms with Gasteiger partial charge in [0.15, 0.2) is 0 Å². The zero-order valence-corrected chi connectivity index (χ0v) is 17.0. The average Bonchev–Trinajstić information content (AvgIpc) is 3.16. The normalized spacial score (nSPS) is 19.9. The molecule has 0 saturated heterocycles. The van der Waals surface area contributed by atoms with Crippen molar-refractivity contribution in [2.75, 3.05) is 19.0 Å². The first kappa shape index (κ1) is 19.0. The zero-order chi connectivity index (χ0) is 19.5. The standard InChI is InChI=1S/C22H31N5O/c1-26(2)20-9-8-16(13-23-20)14-25-22(28)18-10-11-27-19(12-18)15-24-21(27)17-6-4-3-5-7-17/h8-9,13,15,17-18H,3-7,10-12,14H2,1-2H3,(H,25,28). The lowest BCUT2D eigenvalue weighted by Gasteiger charge is -2.27. The number of hydrogen-bond acceptors (Lipinski definition) is 4. The van der Waals surface area contributed by atoms with E-state index < -0.39 is 0 Å². The summed E-state index contributed by atoms with van der Waals surface area (Å²) in [6.07, 6.45) is 12.1. The molecule has 1 fully saturated rings. The Balaban J connectivity index is 1.34. The van der Waals surface area contributed by atoms with Gasteiger partial charge in [-0.05, 0) is 30.9 Å². The lowest BCUT2D eigenvalue weighted by molar-refractivity contribution is -0.125. The van der Waals surface area contributed by atoms with Crippen molar-refractivity contribution in [1.82, 2.24) is 19.9 Å². The fourth-order valence-corrected chi connectivity index (χ4v) is 4.52. The largest absolute Gasteiger partial charge is 0.363 e. The Labute approximate surface area is 167 Å². The van der Waals surface area contributed by atoms with Crippen molar-refractivity contribution in [3.8, 4) is 0 Å². The molecule has 6 nitrogen and oxygen atoms in total. The maximum atomic E-state index is 12.7. The molecule has 0 bridgehead atoms. The summed E-state index contributed by atoms with van der Waals surface area (Å²) in [5, 5.41) is 3.10. The van der Waals surface area contributed by atoms with E-state index in [2.05, 4.69) is 14.9 Å². The third-order valence-electron chi connectivity index (χ3n) is 6.20. The van der Waals surface area contributed by atoms with Gasteiger partial charge in [0.1, 0.15) is 11.6 Å². The number of nitrogens with one attached hydrogen (secondary N) is 1. The van der Waals surface area contributed by atoms with Gasteiger partial charge in [-0.3, -0.25) is 4.79 Å². The molecule has 1 N–H and O–H groups in total. The van der Waals surface area contributed by atoms with Crippen LogP contribution in [0.3, 0.4) is 0 Å². The first-order valence-corrected chi connectivity index (χ1v) is 10.6. The topological polar surface area (TPSA) is 63.1 Å². The number of rotatable bonds is 5. The molecule has 1 unspecified atom stereocenters. The number of fused-ring (bicyclic) bond motifs is 1. The van der Waals surface area contributed by atoms with Crippen LogP contribution in [0, 0.1) is 5.92 Å². The number of carbonyl (C=O) groups is 1. The Kier molecular flexibility index (Phi) is 5.64. The summed E-state index contributed by atoms with van der Waals surface area (Å²) in [6.45, 7) is 1.45. The van der Waals surface area contributed by atoms with Crippen molar-refractivity contribution in [3.05, 3.63) is 41.6 Å². The molecule has 2 aliphatic rings. The van der Waals surface area contributed by atoms with Crippen molar-refractivity contribution < 1.29 is 4.79 Å². The van der Waals surface area contributed by atoms with E-state index in [-0.39, 0.29) is 11.8 Å². The van der Waals surface area contributed by atoms with Crippen molar-refractivity contribution in [2.24, 2.45) is 5.92 Å². The average molecular weight is 382 g/mol. The van der Waals surface area contributed by atoms with Crippen LogP contribution in [0.4, 0.5) is 5.82 Å². The van der Waals surface area contributed by atoms with Crippen LogP contribution in [0.2, 0.25) is 0 Å². The Hall–Kier alpha value is -2.37. The quantitative estimate of drug-likeness (QED) is 0.863. The van der Waals surface area contributed by atoms with E-state index in [1.165, 1.54) is 43.6 Å². The van der Waals surface area contributed by atoms with Gasteiger partial charge in [-0.15, -0.1) is 0 Å². The Morgan fingerprint density at radius 2 is 1.96 bits per heavy atom. The van der Waals surface area contributed by atoms with Crippen LogP contribution in [0.15, 0.2) is 24.5 Å². The molecule has 0 radical (unpaired) electrons. The second kappa shape index (κ2) is 8.33. The SMILES string of the molecule is CN(C)c1ccc(CNC(=O)C2CCn3c(cnc3C3CCCCC3)C2)cn1. The van der Waals surface area contributed by atoms with E-state index in [9.17, 15) is 4.79 Å². The van der Waals surface area contributed by atoms with Crippen molar-refractivity contribution in [3.63, 3.8) is 0 Å². The number of nitrogens with zero attached hydrogens (tertiary/aromatic N) is 4. The summed E-state index contributed by atoms with van der Waals surface area (Å²) < 4.78 is 2.39. The van der Waals surface area contributed by atoms with Crippen LogP contribution in [-0.2, 0) is 24.3 Å². The number of carbonyl (C=O) groups excluding carboxylic acids is 1. The molecular formula is C22H31N5O. The lowest BCUT2D eigenvalue weighted by Crippen LogP contribution is -2.35. The molecule has 1 aliphatic heterocycles. The van der Waals surface area contributed by atoms with Gasteiger partial charge in [-0.25, -0.2) is 9.97 Å². The fraction of sp³-hybridized carbons (Fsp3) is 0.591. The van der Waals surface area contributed by atoms with Crippen LogP contribution < -0.4 is 10.2 Å². The van der Waals surface area contributed by atoms with Gasteiger partial charge in [-0.2, -0.15) is 0 Å². The Bertz CT molecular complexity index is 805. The van der Waals surface area contributed by atoms with Gasteiger partial charge in [0.05, 0.1) is 0 Å². The van der Waals surface area contributed by atoms with E-state index >= 15 is 0 Å². The second-order valence-corrected chi connectivity index (χ2v) is 8.42. The molecule has 1 saturated carbocycles. The monoisotopic (exact) mass is 381 g/mol. The highest BCUT2D eigenvalue weighted by molar-refractivity contribution is 5.79. The molecule has 28 heavy (non-hydrogen) atoms. The highest BCUT2D eigenvalue weighted by Crippen LogP contribution is 2.34. The molecule has 4 rings (SSSR count). The summed E-state index contributed by atoms with van der Waals surface area (Å²) >= 11 is 0. The van der Waals surface area contributed by atoms with Crippen molar-refractivity contribution >= 4 is 11.7 Å². The number of imidazole rings is 1. The first-order valence-electron chi connectivity index (χ1n) is 10.6. The lowest BCUT2D eigenvalue weighted by atomic mass is 9.88. The van der Waals surface area contributed by atoms with Gasteiger partial charge in [0, 0.05) is 63.5 Å². The highest BCUT2D eigenvalue weighted by atomic mass is 16.1. The van der Waals surface area contributed by atoms with Gasteiger partial charge in [0.25, 0.3) is 0 Å². The van der Waals surface area contributed by atoms with Crippen molar-refractivity contribution in [1.29, 1.82) is 0 Å². The molecule has 1 atom stereocenters. The van der Waals surface area contributed by atoms with Gasteiger partial charge in [0.2, 0.25) is 5.91 Å². The van der Waals surface area contributed by atoms with Gasteiger partial charge >= 0.3 is 0 Å². The summed E-state index contributed by atoms with van der Waals surface area (Å²) in [6, 6.07) is 4.00. The third kappa shape index (κ3) is 4.05. The molecule has 0 aromatic carbocycles. The molecule has 6 heteroatoms. The number of amides is 1. The Morgan fingerprint density at radius 3 is 2.68 bits per heavy atom. The molecule has 3 heterocycles. The molecule has 150 valence electrons. The van der Waals surface area contributed by atoms with Gasteiger partial charge < -0.3 is 14.8 Å². The summed E-state index contributed by atoms with van der Waals surface area (Å²) in [4.78, 5) is 23.8. The third-order valence-corrected chi connectivity index (χ3v) is 6.20. The van der Waals surface area contributed by atoms with E-state index in [4.69, 9.17) is 4.98 Å². The van der Waals surface area contributed by atoms with E-state index in [1.54, 1.807) is 0 Å². The minimum absolute atomic E-state index is 0.0393. The zero-order valence-electron chi connectivity index (χ0n) is 17.0. The van der Waals surface area contributed by atoms with Crippen LogP contribution in [0.25, 0.3) is 0 Å². The van der Waals surface area contributed by atoms with Crippen LogP contribution in [-0.4, -0.2) is 34.5 Å². The molecular weight excluding hydrogens is 350 g/mol. The maximum Gasteiger partial charge on any atom is 0.223 e. The number of anilines is 1. The predicted octanol–water partition coefficient (Wildman–Crippen LogP) is 3.27. The predicted molar refractivity (Wildman–Crippen MR) is 110 cm³/mol. The molecule has 2 aromatic rings. The molecule has 1 amide bonds. The minimum atomic E-state index is 0.0393. The van der Waals surface area contributed by atoms with Crippen LogP contribution in [0.1, 0.15) is 61.5 Å². The summed E-state index contributed by atoms with van der Waals surface area (Å²) in [7, 11) is 3.94. The van der Waals surface area contributed by atoms with Crippen LogP contribution in [0.5, 0.6) is 0 Å². The fourth-order valence-electron chi connectivity index (χ4n) is 4.52. The van der Waals surface area contributed by atoms with E-state index in [0.29, 0.717) is 12.5 Å². The number of aromatic nitrogens is 3. The minimum Gasteiger partial charge on any atom is -0.363 e. The van der Waals surface area contributed by atoms with Crippen LogP contribution >= 0.6 is 0 Å². The van der Waals surface area contributed by atoms with Crippen molar-refractivity contribution in [2.45, 2.75) is 64.0 Å². The van der Waals surface area contributed by atoms with E-state index in [0.717, 1.165) is 30.8 Å². The Morgan fingerprint density at radius 1 is 1.14 bits per heavy atom. The molecule has 1 aliphatic carbocycles. The summed E-state index contributed by atoms with van der Waals surface area (Å²) in [5.41, 5.74) is 2.25. The highest BCUT2D eigenvalue weighted by Gasteiger charge is 2.29. The molecule has 0 spiro atoms. The summed E-state index contributed by atoms with van der Waals surface area (Å²) in [5.74, 6) is 2.98. The first-order chi connectivity index (χ1) is 13.6. The van der Waals surface area contributed by atoms with Gasteiger partial charge in [-0.1, -0.05) is 25.3 Å². The van der Waals surface area contributed by atoms with E-state index in [1.807, 2.05) is 43.5 Å². The maximum absolute atomic E-state index is 12.7. The smallest absolute Gasteiger partial charge is 0.223 e.